The zero-order chi connectivity index (χ0) is 17.5. The molecule has 2 aromatic carbocycles. The zero-order valence-electron chi connectivity index (χ0n) is 13.7. The van der Waals surface area contributed by atoms with E-state index in [1.165, 1.54) is 0 Å². The van der Waals surface area contributed by atoms with Crippen LogP contribution in [0.3, 0.4) is 0 Å². The maximum absolute atomic E-state index is 9.80. The fourth-order valence-corrected chi connectivity index (χ4v) is 3.16. The van der Waals surface area contributed by atoms with Gasteiger partial charge in [-0.1, -0.05) is 24.3 Å². The summed E-state index contributed by atoms with van der Waals surface area (Å²) in [4.78, 5) is 11.9. The minimum Gasteiger partial charge on any atom is -0.494 e. The summed E-state index contributed by atoms with van der Waals surface area (Å²) in [5.41, 5.74) is 3.64. The zero-order valence-corrected chi connectivity index (χ0v) is 13.7. The third-order valence-electron chi connectivity index (χ3n) is 4.43. The normalized spacial score (nSPS) is 11.2. The van der Waals surface area contributed by atoms with Crippen molar-refractivity contribution in [2.24, 2.45) is 0 Å². The maximum atomic E-state index is 9.80. The number of nitrogens with one attached hydrogen (secondary N) is 2. The van der Waals surface area contributed by atoms with Crippen molar-refractivity contribution >= 4 is 27.9 Å². The van der Waals surface area contributed by atoms with E-state index in [0.717, 1.165) is 33.4 Å². The first-order valence-corrected chi connectivity index (χ1v) is 8.24. The van der Waals surface area contributed by atoms with E-state index in [9.17, 15) is 5.11 Å². The lowest BCUT2D eigenvalue weighted by Gasteiger charge is -2.10. The number of aromatic amines is 1. The number of imidazole rings is 1. The van der Waals surface area contributed by atoms with Crippen LogP contribution in [0.4, 0.5) is 11.5 Å². The quantitative estimate of drug-likeness (QED) is 0.456. The predicted molar refractivity (Wildman–Crippen MR) is 102 cm³/mol. The van der Waals surface area contributed by atoms with E-state index in [0.29, 0.717) is 5.82 Å². The summed E-state index contributed by atoms with van der Waals surface area (Å²) in [6.07, 6.45) is 7.30. The minimum atomic E-state index is 0.180. The molecule has 0 saturated carbocycles. The van der Waals surface area contributed by atoms with Gasteiger partial charge in [-0.2, -0.15) is 0 Å². The molecule has 0 saturated heterocycles. The standard InChI is InChI=1S/C20H15N5O/c26-20-16-7-6-13(10-14(16)11-23-20)17-12-22-18(19-21-8-9-25(17)19)24-15-4-2-1-3-5-15/h1-12,23,26H,(H,22,24). The van der Waals surface area contributed by atoms with Crippen LogP contribution in [-0.4, -0.2) is 24.5 Å². The molecule has 0 aliphatic carbocycles. The lowest BCUT2D eigenvalue weighted by Crippen LogP contribution is -2.00. The molecule has 26 heavy (non-hydrogen) atoms. The van der Waals surface area contributed by atoms with Crippen LogP contribution in [0.5, 0.6) is 5.88 Å². The topological polar surface area (TPSA) is 78.2 Å². The van der Waals surface area contributed by atoms with E-state index in [1.54, 1.807) is 12.4 Å². The van der Waals surface area contributed by atoms with E-state index in [-0.39, 0.29) is 5.88 Å². The SMILES string of the molecule is Oc1[nH]cc2cc(-c3cnc(Nc4ccccc4)c4nccn34)ccc12. The summed E-state index contributed by atoms with van der Waals surface area (Å²) in [5.74, 6) is 0.880. The van der Waals surface area contributed by atoms with E-state index >= 15 is 0 Å². The summed E-state index contributed by atoms with van der Waals surface area (Å²) in [5, 5.41) is 14.9. The Morgan fingerprint density at radius 2 is 1.92 bits per heavy atom. The Morgan fingerprint density at radius 1 is 1.04 bits per heavy atom. The van der Waals surface area contributed by atoms with Crippen molar-refractivity contribution in [1.82, 2.24) is 19.4 Å². The highest BCUT2D eigenvalue weighted by Crippen LogP contribution is 2.30. The molecular formula is C20H15N5O. The largest absolute Gasteiger partial charge is 0.494 e. The summed E-state index contributed by atoms with van der Waals surface area (Å²) in [6.45, 7) is 0. The average molecular weight is 341 g/mol. The first-order chi connectivity index (χ1) is 12.8. The molecule has 0 spiro atoms. The fourth-order valence-electron chi connectivity index (χ4n) is 3.16. The molecule has 0 fully saturated rings. The fraction of sp³-hybridized carbons (Fsp3) is 0. The van der Waals surface area contributed by atoms with Crippen LogP contribution in [0.1, 0.15) is 0 Å². The van der Waals surface area contributed by atoms with Gasteiger partial charge < -0.3 is 15.4 Å². The number of hydrogen-bond donors (Lipinski definition) is 3. The first-order valence-electron chi connectivity index (χ1n) is 8.24. The van der Waals surface area contributed by atoms with Crippen molar-refractivity contribution in [3.8, 4) is 17.1 Å². The van der Waals surface area contributed by atoms with Gasteiger partial charge in [0.05, 0.1) is 11.9 Å². The number of aromatic nitrogens is 4. The molecule has 0 radical (unpaired) electrons. The molecule has 0 bridgehead atoms. The summed E-state index contributed by atoms with van der Waals surface area (Å²) in [6, 6.07) is 15.8. The lowest BCUT2D eigenvalue weighted by atomic mass is 10.1. The molecular weight excluding hydrogens is 326 g/mol. The van der Waals surface area contributed by atoms with Crippen LogP contribution in [0.15, 0.2) is 73.3 Å². The van der Waals surface area contributed by atoms with Crippen LogP contribution in [0.2, 0.25) is 0 Å². The molecule has 0 atom stereocenters. The Labute approximate surface area is 148 Å². The molecule has 3 N–H and O–H groups in total. The third-order valence-corrected chi connectivity index (χ3v) is 4.43. The van der Waals surface area contributed by atoms with Gasteiger partial charge in [0.25, 0.3) is 0 Å². The molecule has 6 nitrogen and oxygen atoms in total. The van der Waals surface area contributed by atoms with Crippen LogP contribution in [0.25, 0.3) is 27.7 Å². The second-order valence-electron chi connectivity index (χ2n) is 6.04. The molecule has 6 heteroatoms. The molecule has 3 aromatic heterocycles. The van der Waals surface area contributed by atoms with Crippen molar-refractivity contribution in [3.05, 3.63) is 73.3 Å². The number of H-pyrrole nitrogens is 1. The smallest absolute Gasteiger partial charge is 0.196 e. The molecule has 0 aliphatic heterocycles. The van der Waals surface area contributed by atoms with Crippen molar-refractivity contribution in [1.29, 1.82) is 0 Å². The molecule has 126 valence electrons. The monoisotopic (exact) mass is 341 g/mol. The van der Waals surface area contributed by atoms with Gasteiger partial charge >= 0.3 is 0 Å². The average Bonchev–Trinajstić information content (AvgIpc) is 3.30. The highest BCUT2D eigenvalue weighted by atomic mass is 16.3. The number of aromatic hydroxyl groups is 1. The van der Waals surface area contributed by atoms with Gasteiger partial charge in [0.1, 0.15) is 0 Å². The second kappa shape index (κ2) is 5.63. The third kappa shape index (κ3) is 2.28. The van der Waals surface area contributed by atoms with Crippen molar-refractivity contribution in [2.45, 2.75) is 0 Å². The van der Waals surface area contributed by atoms with Crippen LogP contribution in [-0.2, 0) is 0 Å². The van der Waals surface area contributed by atoms with E-state index in [4.69, 9.17) is 0 Å². The highest BCUT2D eigenvalue weighted by molar-refractivity contribution is 5.91. The van der Waals surface area contributed by atoms with Gasteiger partial charge in [-0.05, 0) is 24.3 Å². The van der Waals surface area contributed by atoms with Crippen molar-refractivity contribution in [2.75, 3.05) is 5.32 Å². The summed E-state index contributed by atoms with van der Waals surface area (Å²) >= 11 is 0. The Bertz CT molecular complexity index is 1220. The first kappa shape index (κ1) is 14.5. The van der Waals surface area contributed by atoms with E-state index in [2.05, 4.69) is 20.3 Å². The predicted octanol–water partition coefficient (Wildman–Crippen LogP) is 4.33. The number of nitrogens with zero attached hydrogens (tertiary/aromatic N) is 3. The highest BCUT2D eigenvalue weighted by Gasteiger charge is 2.12. The van der Waals surface area contributed by atoms with Crippen LogP contribution < -0.4 is 5.32 Å². The number of fused-ring (bicyclic) bond motifs is 2. The van der Waals surface area contributed by atoms with Crippen molar-refractivity contribution < 1.29 is 5.11 Å². The Hall–Kier alpha value is -3.80. The minimum absolute atomic E-state index is 0.180. The lowest BCUT2D eigenvalue weighted by molar-refractivity contribution is 0.462. The second-order valence-corrected chi connectivity index (χ2v) is 6.04. The van der Waals surface area contributed by atoms with E-state index < -0.39 is 0 Å². The van der Waals surface area contributed by atoms with Gasteiger partial charge in [-0.15, -0.1) is 0 Å². The summed E-state index contributed by atoms with van der Waals surface area (Å²) in [7, 11) is 0. The van der Waals surface area contributed by atoms with Gasteiger partial charge in [-0.25, -0.2) is 9.97 Å². The van der Waals surface area contributed by atoms with E-state index in [1.807, 2.05) is 65.3 Å². The summed E-state index contributed by atoms with van der Waals surface area (Å²) < 4.78 is 2.01. The van der Waals surface area contributed by atoms with Crippen molar-refractivity contribution in [3.63, 3.8) is 0 Å². The number of anilines is 2. The van der Waals surface area contributed by atoms with Crippen LogP contribution in [0, 0.1) is 0 Å². The van der Waals surface area contributed by atoms with Gasteiger partial charge in [0, 0.05) is 40.6 Å². The Balaban J connectivity index is 1.62. The molecule has 3 heterocycles. The number of rotatable bonds is 3. The maximum Gasteiger partial charge on any atom is 0.196 e. The van der Waals surface area contributed by atoms with Gasteiger partial charge in [0.15, 0.2) is 17.3 Å². The van der Waals surface area contributed by atoms with Gasteiger partial charge in [-0.3, -0.25) is 4.40 Å². The van der Waals surface area contributed by atoms with Gasteiger partial charge in [0.2, 0.25) is 0 Å². The number of hydrogen-bond acceptors (Lipinski definition) is 4. The number of benzene rings is 2. The number of para-hydroxylation sites is 1. The molecule has 5 rings (SSSR count). The Kier molecular flexibility index (Phi) is 3.15. The Morgan fingerprint density at radius 3 is 2.81 bits per heavy atom. The molecule has 0 amide bonds. The molecule has 0 unspecified atom stereocenters. The van der Waals surface area contributed by atoms with Crippen LogP contribution >= 0.6 is 0 Å². The molecule has 0 aliphatic rings. The molecule has 5 aromatic rings.